The Morgan fingerprint density at radius 3 is 2.92 bits per heavy atom. The topological polar surface area (TPSA) is 41.6 Å². The lowest BCUT2D eigenvalue weighted by Gasteiger charge is -1.89. The lowest BCUT2D eigenvalue weighted by molar-refractivity contribution is 0.861. The van der Waals surface area contributed by atoms with Crippen LogP contribution >= 0.6 is 0 Å². The molecular formula is C10H13N3. The Labute approximate surface area is 77.2 Å². The summed E-state index contributed by atoms with van der Waals surface area (Å²) >= 11 is 0. The smallest absolute Gasteiger partial charge is 0.107 e. The Kier molecular flexibility index (Phi) is 2.00. The van der Waals surface area contributed by atoms with Gasteiger partial charge in [-0.05, 0) is 18.9 Å². The van der Waals surface area contributed by atoms with Crippen LogP contribution in [0.2, 0.25) is 0 Å². The third-order valence-corrected chi connectivity index (χ3v) is 2.11. The standard InChI is InChI=1S/C10H13N3/c1-3-4-9-12-8-6-11-5-7(2)10(8)13-9/h5-6H,3-4H2,1-2H3,(H,12,13). The average Bonchev–Trinajstić information content (AvgIpc) is 2.49. The fourth-order valence-corrected chi connectivity index (χ4v) is 1.47. The van der Waals surface area contributed by atoms with E-state index in [1.54, 1.807) is 0 Å². The molecule has 13 heavy (non-hydrogen) atoms. The molecule has 0 saturated carbocycles. The molecule has 0 fully saturated rings. The highest BCUT2D eigenvalue weighted by Gasteiger charge is 2.03. The SMILES string of the molecule is CCCc1nc2c(C)cncc2[nH]1. The first-order valence-electron chi connectivity index (χ1n) is 4.60. The fourth-order valence-electron chi connectivity index (χ4n) is 1.47. The molecule has 0 radical (unpaired) electrons. The van der Waals surface area contributed by atoms with Gasteiger partial charge in [-0.1, -0.05) is 6.92 Å². The Morgan fingerprint density at radius 1 is 1.38 bits per heavy atom. The minimum absolute atomic E-state index is 1.01. The quantitative estimate of drug-likeness (QED) is 0.760. The van der Waals surface area contributed by atoms with Crippen molar-refractivity contribution in [2.24, 2.45) is 0 Å². The zero-order chi connectivity index (χ0) is 9.26. The minimum Gasteiger partial charge on any atom is -0.341 e. The third-order valence-electron chi connectivity index (χ3n) is 2.11. The zero-order valence-electron chi connectivity index (χ0n) is 7.96. The number of hydrogen-bond acceptors (Lipinski definition) is 2. The molecule has 0 bridgehead atoms. The van der Waals surface area contributed by atoms with E-state index < -0.39 is 0 Å². The summed E-state index contributed by atoms with van der Waals surface area (Å²) in [6.45, 7) is 4.18. The van der Waals surface area contributed by atoms with E-state index in [0.29, 0.717) is 0 Å². The molecule has 0 amide bonds. The number of nitrogens with one attached hydrogen (secondary N) is 1. The third kappa shape index (κ3) is 1.41. The van der Waals surface area contributed by atoms with Gasteiger partial charge in [0.15, 0.2) is 0 Å². The number of pyridine rings is 1. The molecule has 68 valence electrons. The monoisotopic (exact) mass is 175 g/mol. The van der Waals surface area contributed by atoms with Crippen LogP contribution < -0.4 is 0 Å². The van der Waals surface area contributed by atoms with Gasteiger partial charge in [0.1, 0.15) is 5.82 Å². The molecule has 0 aromatic carbocycles. The summed E-state index contributed by atoms with van der Waals surface area (Å²) in [6, 6.07) is 0. The van der Waals surface area contributed by atoms with Gasteiger partial charge in [0, 0.05) is 12.6 Å². The molecule has 0 aliphatic heterocycles. The predicted molar refractivity (Wildman–Crippen MR) is 52.6 cm³/mol. The van der Waals surface area contributed by atoms with E-state index in [2.05, 4.69) is 21.9 Å². The molecule has 2 aromatic heterocycles. The number of aromatic amines is 1. The van der Waals surface area contributed by atoms with Crippen LogP contribution in [0.5, 0.6) is 0 Å². The van der Waals surface area contributed by atoms with Gasteiger partial charge < -0.3 is 4.98 Å². The van der Waals surface area contributed by atoms with Crippen molar-refractivity contribution in [2.45, 2.75) is 26.7 Å². The fraction of sp³-hybridized carbons (Fsp3) is 0.400. The molecule has 0 aliphatic carbocycles. The summed E-state index contributed by atoms with van der Waals surface area (Å²) in [6.07, 6.45) is 5.80. The summed E-state index contributed by atoms with van der Waals surface area (Å²) in [7, 11) is 0. The summed E-state index contributed by atoms with van der Waals surface area (Å²) in [5, 5.41) is 0. The molecular weight excluding hydrogens is 162 g/mol. The number of hydrogen-bond donors (Lipinski definition) is 1. The molecule has 2 rings (SSSR count). The highest BCUT2D eigenvalue weighted by Crippen LogP contribution is 2.14. The zero-order valence-corrected chi connectivity index (χ0v) is 7.96. The van der Waals surface area contributed by atoms with Crippen LogP contribution in [-0.2, 0) is 6.42 Å². The lowest BCUT2D eigenvalue weighted by Crippen LogP contribution is -1.84. The second kappa shape index (κ2) is 3.17. The Hall–Kier alpha value is -1.38. The molecule has 2 heterocycles. The lowest BCUT2D eigenvalue weighted by atomic mass is 10.3. The molecule has 2 aromatic rings. The van der Waals surface area contributed by atoms with E-state index in [0.717, 1.165) is 35.3 Å². The maximum absolute atomic E-state index is 4.51. The minimum atomic E-state index is 1.01. The van der Waals surface area contributed by atoms with Crippen LogP contribution in [0.25, 0.3) is 11.0 Å². The van der Waals surface area contributed by atoms with Crippen molar-refractivity contribution in [3.8, 4) is 0 Å². The number of aryl methyl sites for hydroxylation is 2. The molecule has 3 heteroatoms. The molecule has 1 N–H and O–H groups in total. The Balaban J connectivity index is 2.55. The van der Waals surface area contributed by atoms with Gasteiger partial charge in [0.2, 0.25) is 0 Å². The first kappa shape index (κ1) is 8.23. The van der Waals surface area contributed by atoms with Crippen LogP contribution in [-0.4, -0.2) is 15.0 Å². The summed E-state index contributed by atoms with van der Waals surface area (Å²) in [5.74, 6) is 1.06. The van der Waals surface area contributed by atoms with Crippen LogP contribution in [0.3, 0.4) is 0 Å². The van der Waals surface area contributed by atoms with E-state index in [-0.39, 0.29) is 0 Å². The van der Waals surface area contributed by atoms with E-state index >= 15 is 0 Å². The number of fused-ring (bicyclic) bond motifs is 1. The summed E-state index contributed by atoms with van der Waals surface area (Å²) < 4.78 is 0. The van der Waals surface area contributed by atoms with E-state index in [4.69, 9.17) is 0 Å². The molecule has 0 unspecified atom stereocenters. The maximum Gasteiger partial charge on any atom is 0.107 e. The van der Waals surface area contributed by atoms with Crippen molar-refractivity contribution in [1.82, 2.24) is 15.0 Å². The molecule has 0 saturated heterocycles. The summed E-state index contributed by atoms with van der Waals surface area (Å²) in [4.78, 5) is 11.9. The van der Waals surface area contributed by atoms with Crippen LogP contribution in [0.4, 0.5) is 0 Å². The largest absolute Gasteiger partial charge is 0.341 e. The molecule has 0 spiro atoms. The molecule has 3 nitrogen and oxygen atoms in total. The first-order chi connectivity index (χ1) is 6.31. The maximum atomic E-state index is 4.51. The number of aromatic nitrogens is 3. The Morgan fingerprint density at radius 2 is 2.23 bits per heavy atom. The highest BCUT2D eigenvalue weighted by atomic mass is 14.9. The van der Waals surface area contributed by atoms with E-state index in [9.17, 15) is 0 Å². The van der Waals surface area contributed by atoms with Crippen molar-refractivity contribution in [3.05, 3.63) is 23.8 Å². The van der Waals surface area contributed by atoms with Crippen LogP contribution in [0, 0.1) is 6.92 Å². The summed E-state index contributed by atoms with van der Waals surface area (Å²) in [5.41, 5.74) is 3.23. The van der Waals surface area contributed by atoms with Gasteiger partial charge in [-0.25, -0.2) is 4.98 Å². The normalized spacial score (nSPS) is 10.9. The van der Waals surface area contributed by atoms with Gasteiger partial charge >= 0.3 is 0 Å². The predicted octanol–water partition coefficient (Wildman–Crippen LogP) is 2.22. The van der Waals surface area contributed by atoms with Gasteiger partial charge in [0.05, 0.1) is 17.2 Å². The van der Waals surface area contributed by atoms with Crippen LogP contribution in [0.15, 0.2) is 12.4 Å². The number of imidazole rings is 1. The first-order valence-corrected chi connectivity index (χ1v) is 4.60. The number of nitrogens with zero attached hydrogens (tertiary/aromatic N) is 2. The van der Waals surface area contributed by atoms with Crippen molar-refractivity contribution in [3.63, 3.8) is 0 Å². The van der Waals surface area contributed by atoms with Gasteiger partial charge in [-0.15, -0.1) is 0 Å². The van der Waals surface area contributed by atoms with Gasteiger partial charge in [-0.2, -0.15) is 0 Å². The molecule has 0 atom stereocenters. The van der Waals surface area contributed by atoms with E-state index in [1.165, 1.54) is 0 Å². The highest BCUT2D eigenvalue weighted by molar-refractivity contribution is 5.77. The Bertz CT molecular complexity index is 417. The second-order valence-electron chi connectivity index (χ2n) is 3.29. The molecule has 0 aliphatic rings. The average molecular weight is 175 g/mol. The number of H-pyrrole nitrogens is 1. The van der Waals surface area contributed by atoms with Crippen molar-refractivity contribution in [1.29, 1.82) is 0 Å². The van der Waals surface area contributed by atoms with Gasteiger partial charge in [-0.3, -0.25) is 4.98 Å². The second-order valence-corrected chi connectivity index (χ2v) is 3.29. The van der Waals surface area contributed by atoms with E-state index in [1.807, 2.05) is 19.3 Å². The van der Waals surface area contributed by atoms with Crippen molar-refractivity contribution < 1.29 is 0 Å². The number of rotatable bonds is 2. The van der Waals surface area contributed by atoms with Crippen molar-refractivity contribution >= 4 is 11.0 Å². The van der Waals surface area contributed by atoms with Crippen LogP contribution in [0.1, 0.15) is 24.7 Å². The van der Waals surface area contributed by atoms with Crippen molar-refractivity contribution in [2.75, 3.05) is 0 Å². The van der Waals surface area contributed by atoms with Gasteiger partial charge in [0.25, 0.3) is 0 Å².